The van der Waals surface area contributed by atoms with Gasteiger partial charge in [0.1, 0.15) is 11.6 Å². The lowest BCUT2D eigenvalue weighted by Gasteiger charge is -2.32. The van der Waals surface area contributed by atoms with Gasteiger partial charge in [-0.2, -0.15) is 5.10 Å². The summed E-state index contributed by atoms with van der Waals surface area (Å²) < 4.78 is 15.0. The second-order valence-corrected chi connectivity index (χ2v) is 10.7. The fraction of sp³-hybridized carbons (Fsp3) is 0.560. The molecule has 1 atom stereocenters. The maximum absolute atomic E-state index is 13.1. The van der Waals surface area contributed by atoms with Gasteiger partial charge in [0.2, 0.25) is 11.8 Å². The second kappa shape index (κ2) is 9.04. The summed E-state index contributed by atoms with van der Waals surface area (Å²) in [7, 11) is 0. The molecule has 32 heavy (non-hydrogen) atoms. The van der Waals surface area contributed by atoms with Gasteiger partial charge in [0.15, 0.2) is 0 Å². The number of piperidine rings is 1. The summed E-state index contributed by atoms with van der Waals surface area (Å²) in [4.78, 5) is 27.7. The molecule has 0 bridgehead atoms. The first kappa shape index (κ1) is 24.0. The summed E-state index contributed by atoms with van der Waals surface area (Å²) in [5, 5.41) is 7.83. The van der Waals surface area contributed by atoms with Gasteiger partial charge in [0.05, 0.1) is 23.6 Å². The van der Waals surface area contributed by atoms with Crippen LogP contribution in [0, 0.1) is 11.7 Å². The third-order valence-electron chi connectivity index (χ3n) is 5.78. The van der Waals surface area contributed by atoms with Crippen molar-refractivity contribution in [2.75, 3.05) is 18.4 Å². The van der Waals surface area contributed by atoms with Crippen molar-refractivity contribution < 1.29 is 14.0 Å². The lowest BCUT2D eigenvalue weighted by atomic mass is 9.92. The zero-order valence-corrected chi connectivity index (χ0v) is 20.0. The van der Waals surface area contributed by atoms with Crippen LogP contribution >= 0.6 is 0 Å². The minimum Gasteiger partial charge on any atom is -0.342 e. The Morgan fingerprint density at radius 3 is 2.38 bits per heavy atom. The van der Waals surface area contributed by atoms with E-state index in [9.17, 15) is 14.0 Å². The smallest absolute Gasteiger partial charge is 0.230 e. The molecule has 1 N–H and O–H groups in total. The molecule has 6 nitrogen and oxygen atoms in total. The Bertz CT molecular complexity index is 967. The number of carbonyl (C=O) groups is 2. The molecule has 0 spiro atoms. The van der Waals surface area contributed by atoms with Crippen molar-refractivity contribution in [3.8, 4) is 0 Å². The molecule has 174 valence electrons. The first-order valence-electron chi connectivity index (χ1n) is 11.3. The molecular formula is C25H35FN4O2. The number of rotatable bonds is 4. The monoisotopic (exact) mass is 442 g/mol. The van der Waals surface area contributed by atoms with Crippen molar-refractivity contribution in [3.05, 3.63) is 47.4 Å². The molecule has 1 aliphatic heterocycles. The van der Waals surface area contributed by atoms with Crippen LogP contribution in [0.5, 0.6) is 0 Å². The second-order valence-electron chi connectivity index (χ2n) is 10.7. The molecule has 0 aliphatic carbocycles. The van der Waals surface area contributed by atoms with Crippen molar-refractivity contribution in [2.24, 2.45) is 5.92 Å². The van der Waals surface area contributed by atoms with Crippen molar-refractivity contribution >= 4 is 17.6 Å². The van der Waals surface area contributed by atoms with E-state index in [1.807, 2.05) is 10.7 Å². The summed E-state index contributed by atoms with van der Waals surface area (Å²) >= 11 is 0. The third kappa shape index (κ3) is 5.75. The van der Waals surface area contributed by atoms with Gasteiger partial charge in [-0.1, -0.05) is 32.9 Å². The molecule has 1 saturated heterocycles. The maximum Gasteiger partial charge on any atom is 0.230 e. The topological polar surface area (TPSA) is 67.2 Å². The van der Waals surface area contributed by atoms with Crippen molar-refractivity contribution in [1.29, 1.82) is 0 Å². The largest absolute Gasteiger partial charge is 0.342 e. The normalized spacial score (nSPS) is 17.3. The van der Waals surface area contributed by atoms with E-state index >= 15 is 0 Å². The standard InChI is InChI=1S/C25H35FN4O2/c1-24(2,3)20-15-21(30(28-20)25(4,5)6)27-23(32)18-8-7-13-29(16-18)22(31)14-17-9-11-19(26)12-10-17/h9-12,15,18H,7-8,13-14,16H2,1-6H3,(H,27,32). The summed E-state index contributed by atoms with van der Waals surface area (Å²) in [6.07, 6.45) is 1.72. The Labute approximate surface area is 190 Å². The van der Waals surface area contributed by atoms with E-state index in [2.05, 4.69) is 46.9 Å². The molecular weight excluding hydrogens is 407 g/mol. The van der Waals surface area contributed by atoms with E-state index < -0.39 is 0 Å². The van der Waals surface area contributed by atoms with E-state index in [0.29, 0.717) is 18.9 Å². The zero-order chi connectivity index (χ0) is 23.7. The van der Waals surface area contributed by atoms with Gasteiger partial charge in [-0.15, -0.1) is 0 Å². The van der Waals surface area contributed by atoms with Gasteiger partial charge in [0, 0.05) is 24.6 Å². The fourth-order valence-corrected chi connectivity index (χ4v) is 3.88. The molecule has 2 amide bonds. The van der Waals surface area contributed by atoms with Crippen LogP contribution in [0.25, 0.3) is 0 Å². The average Bonchev–Trinajstić information content (AvgIpc) is 3.14. The van der Waals surface area contributed by atoms with Crippen LogP contribution in [-0.4, -0.2) is 39.6 Å². The first-order chi connectivity index (χ1) is 14.8. The molecule has 2 aromatic rings. The van der Waals surface area contributed by atoms with E-state index in [1.54, 1.807) is 17.0 Å². The Balaban J connectivity index is 1.69. The number of likely N-dealkylation sites (tertiary alicyclic amines) is 1. The van der Waals surface area contributed by atoms with Crippen molar-refractivity contribution in [1.82, 2.24) is 14.7 Å². The van der Waals surface area contributed by atoms with Crippen molar-refractivity contribution in [2.45, 2.75) is 71.8 Å². The first-order valence-corrected chi connectivity index (χ1v) is 11.3. The van der Waals surface area contributed by atoms with Crippen LogP contribution in [0.4, 0.5) is 10.2 Å². The van der Waals surface area contributed by atoms with Crippen LogP contribution in [0.3, 0.4) is 0 Å². The lowest BCUT2D eigenvalue weighted by molar-refractivity contribution is -0.133. The van der Waals surface area contributed by atoms with Gasteiger partial charge in [-0.25, -0.2) is 9.07 Å². The molecule has 7 heteroatoms. The predicted molar refractivity (Wildman–Crippen MR) is 124 cm³/mol. The van der Waals surface area contributed by atoms with E-state index in [1.165, 1.54) is 12.1 Å². The number of anilines is 1. The maximum atomic E-state index is 13.1. The molecule has 1 aromatic heterocycles. The molecule has 0 radical (unpaired) electrons. The number of hydrogen-bond donors (Lipinski definition) is 1. The Morgan fingerprint density at radius 1 is 1.12 bits per heavy atom. The van der Waals surface area contributed by atoms with Crippen LogP contribution in [0.1, 0.15) is 65.6 Å². The third-order valence-corrected chi connectivity index (χ3v) is 5.78. The number of benzene rings is 1. The minimum absolute atomic E-state index is 0.0381. The number of nitrogens with one attached hydrogen (secondary N) is 1. The molecule has 1 fully saturated rings. The van der Waals surface area contributed by atoms with Crippen molar-refractivity contribution in [3.63, 3.8) is 0 Å². The fourth-order valence-electron chi connectivity index (χ4n) is 3.88. The van der Waals surface area contributed by atoms with Crippen LogP contribution < -0.4 is 5.32 Å². The van der Waals surface area contributed by atoms with Crippen LogP contribution in [-0.2, 0) is 27.0 Å². The van der Waals surface area contributed by atoms with Gasteiger partial charge < -0.3 is 10.2 Å². The number of hydrogen-bond acceptors (Lipinski definition) is 3. The SMILES string of the molecule is CC(C)(C)c1cc(NC(=O)C2CCCN(C(=O)Cc3ccc(F)cc3)C2)n(C(C)(C)C)n1. The number of amides is 2. The Hall–Kier alpha value is -2.70. The van der Waals surface area contributed by atoms with Gasteiger partial charge in [-0.3, -0.25) is 9.59 Å². The minimum atomic E-state index is -0.319. The molecule has 1 aromatic carbocycles. The lowest BCUT2D eigenvalue weighted by Crippen LogP contribution is -2.44. The van der Waals surface area contributed by atoms with Crippen LogP contribution in [0.15, 0.2) is 30.3 Å². The molecule has 0 saturated carbocycles. The Kier molecular flexibility index (Phi) is 6.77. The highest BCUT2D eigenvalue weighted by molar-refractivity contribution is 5.92. The van der Waals surface area contributed by atoms with E-state index in [0.717, 1.165) is 24.1 Å². The quantitative estimate of drug-likeness (QED) is 0.758. The number of nitrogens with zero attached hydrogens (tertiary/aromatic N) is 3. The highest BCUT2D eigenvalue weighted by atomic mass is 19.1. The van der Waals surface area contributed by atoms with Crippen LogP contribution in [0.2, 0.25) is 0 Å². The number of aromatic nitrogens is 2. The van der Waals surface area contributed by atoms with Gasteiger partial charge >= 0.3 is 0 Å². The average molecular weight is 443 g/mol. The summed E-state index contributed by atoms with van der Waals surface area (Å²) in [5.74, 6) is -0.0384. The summed E-state index contributed by atoms with van der Waals surface area (Å²) in [5.41, 5.74) is 1.27. The van der Waals surface area contributed by atoms with Gasteiger partial charge in [-0.05, 0) is 51.3 Å². The molecule has 1 aliphatic rings. The molecule has 1 unspecified atom stereocenters. The van der Waals surface area contributed by atoms with E-state index in [4.69, 9.17) is 5.10 Å². The molecule has 2 heterocycles. The number of carbonyl (C=O) groups excluding carboxylic acids is 2. The zero-order valence-electron chi connectivity index (χ0n) is 20.0. The summed E-state index contributed by atoms with van der Waals surface area (Å²) in [6.45, 7) is 13.5. The van der Waals surface area contributed by atoms with E-state index in [-0.39, 0.29) is 40.9 Å². The molecule has 3 rings (SSSR count). The highest BCUT2D eigenvalue weighted by Gasteiger charge is 2.31. The predicted octanol–water partition coefficient (Wildman–Crippen LogP) is 4.49. The number of halogens is 1. The summed E-state index contributed by atoms with van der Waals surface area (Å²) in [6, 6.07) is 7.92. The highest BCUT2D eigenvalue weighted by Crippen LogP contribution is 2.29. The Morgan fingerprint density at radius 2 is 1.78 bits per heavy atom. The van der Waals surface area contributed by atoms with Gasteiger partial charge in [0.25, 0.3) is 0 Å².